The van der Waals surface area contributed by atoms with Gasteiger partial charge in [-0.1, -0.05) is 51.8 Å². The quantitative estimate of drug-likeness (QED) is 0.797. The first-order valence-corrected chi connectivity index (χ1v) is 10.4. The van der Waals surface area contributed by atoms with Crippen LogP contribution >= 0.6 is 0 Å². The number of hydrogen-bond acceptors (Lipinski definition) is 3. The van der Waals surface area contributed by atoms with Crippen LogP contribution in [0.4, 0.5) is 5.69 Å². The van der Waals surface area contributed by atoms with Gasteiger partial charge in [-0.2, -0.15) is 0 Å². The van der Waals surface area contributed by atoms with Gasteiger partial charge >= 0.3 is 0 Å². The van der Waals surface area contributed by atoms with E-state index in [2.05, 4.69) is 34.9 Å². The van der Waals surface area contributed by atoms with Gasteiger partial charge in [0.1, 0.15) is 5.84 Å². The number of benzene rings is 1. The van der Waals surface area contributed by atoms with Gasteiger partial charge in [0.05, 0.1) is 11.6 Å². The molecule has 1 atom stereocenters. The average Bonchev–Trinajstić information content (AvgIpc) is 3.26. The van der Waals surface area contributed by atoms with Crippen molar-refractivity contribution in [3.63, 3.8) is 0 Å². The number of nitrogens with one attached hydrogen (secondary N) is 2. The number of carbonyl (C=O) groups excluding carboxylic acids is 1. The molecule has 0 radical (unpaired) electrons. The maximum atomic E-state index is 12.9. The fourth-order valence-electron chi connectivity index (χ4n) is 4.56. The third-order valence-electron chi connectivity index (χ3n) is 6.18. The zero-order valence-corrected chi connectivity index (χ0v) is 16.8. The number of fused-ring (bicyclic) bond motifs is 1. The van der Waals surface area contributed by atoms with Crippen LogP contribution in [-0.2, 0) is 11.3 Å². The van der Waals surface area contributed by atoms with E-state index in [-0.39, 0.29) is 16.9 Å². The van der Waals surface area contributed by atoms with Crippen LogP contribution in [0, 0.1) is 5.41 Å². The van der Waals surface area contributed by atoms with E-state index < -0.39 is 0 Å². The first-order chi connectivity index (χ1) is 12.9. The second-order valence-corrected chi connectivity index (χ2v) is 9.36. The minimum atomic E-state index is -0.352. The summed E-state index contributed by atoms with van der Waals surface area (Å²) in [5.74, 6) is 1.26. The molecule has 1 saturated carbocycles. The number of hydrogen-bond donors (Lipinski definition) is 2. The van der Waals surface area contributed by atoms with Crippen LogP contribution < -0.4 is 10.6 Å². The van der Waals surface area contributed by atoms with Gasteiger partial charge in [-0.3, -0.25) is 15.1 Å². The molecule has 1 saturated heterocycles. The highest BCUT2D eigenvalue weighted by atomic mass is 16.2. The van der Waals surface area contributed by atoms with E-state index >= 15 is 0 Å². The zero-order valence-electron chi connectivity index (χ0n) is 16.8. The summed E-state index contributed by atoms with van der Waals surface area (Å²) in [5.41, 5.74) is 1.77. The molecular formula is C22H32N4O. The van der Waals surface area contributed by atoms with Crippen LogP contribution in [0.3, 0.4) is 0 Å². The molecule has 1 spiro atoms. The number of carbonyl (C=O) groups is 1. The molecule has 0 unspecified atom stereocenters. The van der Waals surface area contributed by atoms with Crippen molar-refractivity contribution < 1.29 is 4.79 Å². The molecule has 2 heterocycles. The maximum absolute atomic E-state index is 12.9. The average molecular weight is 369 g/mol. The van der Waals surface area contributed by atoms with Crippen molar-refractivity contribution in [3.05, 3.63) is 29.8 Å². The minimum absolute atomic E-state index is 0.225. The zero-order chi connectivity index (χ0) is 19.1. The number of amides is 1. The summed E-state index contributed by atoms with van der Waals surface area (Å²) in [6.45, 7) is 8.28. The largest absolute Gasteiger partial charge is 0.342 e. The number of nitrogens with zero attached hydrogens (tertiary/aromatic N) is 2. The maximum Gasteiger partial charge on any atom is 0.228 e. The van der Waals surface area contributed by atoms with Crippen LogP contribution in [0.15, 0.2) is 29.3 Å². The Morgan fingerprint density at radius 1 is 1.22 bits per heavy atom. The number of para-hydroxylation sites is 1. The summed E-state index contributed by atoms with van der Waals surface area (Å²) in [5, 5.41) is 7.45. The predicted octanol–water partition coefficient (Wildman–Crippen LogP) is 3.56. The molecule has 2 N–H and O–H groups in total. The molecular weight excluding hydrogens is 336 g/mol. The topological polar surface area (TPSA) is 56.7 Å². The Hall–Kier alpha value is -1.88. The highest BCUT2D eigenvalue weighted by molar-refractivity contribution is 6.04. The predicted molar refractivity (Wildman–Crippen MR) is 110 cm³/mol. The Balaban J connectivity index is 1.66. The van der Waals surface area contributed by atoms with E-state index in [1.807, 2.05) is 25.7 Å². The lowest BCUT2D eigenvalue weighted by Gasteiger charge is -2.32. The molecule has 146 valence electrons. The molecule has 5 heteroatoms. The summed E-state index contributed by atoms with van der Waals surface area (Å²) in [6, 6.07) is 8.85. The van der Waals surface area contributed by atoms with Crippen molar-refractivity contribution >= 4 is 17.4 Å². The van der Waals surface area contributed by atoms with E-state index in [1.54, 1.807) is 0 Å². The molecule has 3 aliphatic rings. The van der Waals surface area contributed by atoms with Crippen LogP contribution in [-0.4, -0.2) is 41.3 Å². The van der Waals surface area contributed by atoms with Gasteiger partial charge in [0.15, 0.2) is 0 Å². The molecule has 5 nitrogen and oxygen atoms in total. The summed E-state index contributed by atoms with van der Waals surface area (Å²) < 4.78 is 0. The van der Waals surface area contributed by atoms with Crippen molar-refractivity contribution in [2.24, 2.45) is 10.4 Å². The van der Waals surface area contributed by atoms with Crippen molar-refractivity contribution in [3.8, 4) is 0 Å². The van der Waals surface area contributed by atoms with Crippen LogP contribution in [0.5, 0.6) is 0 Å². The normalized spacial score (nSPS) is 27.7. The summed E-state index contributed by atoms with van der Waals surface area (Å²) in [6.07, 6.45) is 5.79. The van der Waals surface area contributed by atoms with E-state index in [0.717, 1.165) is 31.0 Å². The van der Waals surface area contributed by atoms with Crippen molar-refractivity contribution in [2.75, 3.05) is 18.4 Å². The highest BCUT2D eigenvalue weighted by Crippen LogP contribution is 2.33. The fourth-order valence-corrected chi connectivity index (χ4v) is 4.56. The first-order valence-electron chi connectivity index (χ1n) is 10.4. The molecule has 1 amide bonds. The SMILES string of the molecule is CC(C)(C)C(=O)N1CC[C@]2(C1)NCc1ccccc1NC2=NC1CCCC1. The lowest BCUT2D eigenvalue weighted by molar-refractivity contribution is -0.138. The van der Waals surface area contributed by atoms with E-state index in [0.29, 0.717) is 12.6 Å². The van der Waals surface area contributed by atoms with Crippen molar-refractivity contribution in [1.29, 1.82) is 0 Å². The van der Waals surface area contributed by atoms with E-state index in [9.17, 15) is 4.79 Å². The monoisotopic (exact) mass is 368 g/mol. The molecule has 4 rings (SSSR count). The van der Waals surface area contributed by atoms with Crippen LogP contribution in [0.2, 0.25) is 0 Å². The Labute approximate surface area is 162 Å². The van der Waals surface area contributed by atoms with Crippen molar-refractivity contribution in [2.45, 2.75) is 71.0 Å². The minimum Gasteiger partial charge on any atom is -0.342 e. The Morgan fingerprint density at radius 2 is 1.96 bits per heavy atom. The lowest BCUT2D eigenvalue weighted by Crippen LogP contribution is -2.56. The number of amidine groups is 1. The summed E-state index contributed by atoms with van der Waals surface area (Å²) in [4.78, 5) is 20.1. The van der Waals surface area contributed by atoms with Gasteiger partial charge < -0.3 is 10.2 Å². The first kappa shape index (κ1) is 18.5. The number of rotatable bonds is 1. The Kier molecular flexibility index (Phi) is 4.75. The standard InChI is InChI=1S/C22H32N4O/c1-21(2,3)20(27)26-13-12-22(15-26)19(24-17-9-5-6-10-17)25-18-11-7-4-8-16(18)14-23-22/h4,7-8,11,17,23H,5-6,9-10,12-15H2,1-3H3,(H,24,25)/t22-/m1/s1. The van der Waals surface area contributed by atoms with Gasteiger partial charge in [0.2, 0.25) is 5.91 Å². The lowest BCUT2D eigenvalue weighted by atomic mass is 9.94. The van der Waals surface area contributed by atoms with Crippen molar-refractivity contribution in [1.82, 2.24) is 10.2 Å². The summed E-state index contributed by atoms with van der Waals surface area (Å²) >= 11 is 0. The van der Waals surface area contributed by atoms with E-state index in [4.69, 9.17) is 4.99 Å². The van der Waals surface area contributed by atoms with Gasteiger partial charge in [-0.25, -0.2) is 0 Å². The molecule has 1 aromatic rings. The smallest absolute Gasteiger partial charge is 0.228 e. The van der Waals surface area contributed by atoms with Crippen LogP contribution in [0.25, 0.3) is 0 Å². The van der Waals surface area contributed by atoms with Gasteiger partial charge in [0.25, 0.3) is 0 Å². The molecule has 2 aliphatic heterocycles. The second kappa shape index (κ2) is 6.93. The van der Waals surface area contributed by atoms with Gasteiger partial charge in [-0.15, -0.1) is 0 Å². The Bertz CT molecular complexity index is 745. The molecule has 0 aromatic heterocycles. The van der Waals surface area contributed by atoms with Gasteiger partial charge in [0, 0.05) is 30.7 Å². The molecule has 0 bridgehead atoms. The molecule has 1 aliphatic carbocycles. The third-order valence-corrected chi connectivity index (χ3v) is 6.18. The molecule has 2 fully saturated rings. The van der Waals surface area contributed by atoms with Gasteiger partial charge in [-0.05, 0) is 30.9 Å². The van der Waals surface area contributed by atoms with Crippen LogP contribution in [0.1, 0.15) is 58.4 Å². The number of likely N-dealkylation sites (tertiary alicyclic amines) is 1. The molecule has 1 aromatic carbocycles. The number of aliphatic imine (C=N–C) groups is 1. The third kappa shape index (κ3) is 3.62. The number of anilines is 1. The molecule has 27 heavy (non-hydrogen) atoms. The fraction of sp³-hybridized carbons (Fsp3) is 0.636. The Morgan fingerprint density at radius 3 is 2.70 bits per heavy atom. The highest BCUT2D eigenvalue weighted by Gasteiger charge is 2.47. The second-order valence-electron chi connectivity index (χ2n) is 9.36. The summed E-state index contributed by atoms with van der Waals surface area (Å²) in [7, 11) is 0. The van der Waals surface area contributed by atoms with E-state index in [1.165, 1.54) is 31.2 Å².